The van der Waals surface area contributed by atoms with Gasteiger partial charge in [-0.3, -0.25) is 19.5 Å². The molecule has 2 amide bonds. The van der Waals surface area contributed by atoms with E-state index in [-0.39, 0.29) is 11.8 Å². The highest BCUT2D eigenvalue weighted by atomic mass is 35.5. The van der Waals surface area contributed by atoms with Crippen molar-refractivity contribution in [3.05, 3.63) is 75.9 Å². The van der Waals surface area contributed by atoms with Crippen molar-refractivity contribution in [2.45, 2.75) is 38.1 Å². The van der Waals surface area contributed by atoms with Crippen LogP contribution in [-0.2, 0) is 11.2 Å². The van der Waals surface area contributed by atoms with Crippen molar-refractivity contribution in [3.63, 3.8) is 0 Å². The molecule has 0 bridgehead atoms. The van der Waals surface area contributed by atoms with E-state index in [1.54, 1.807) is 18.3 Å². The average molecular weight is 540 g/mol. The lowest BCUT2D eigenvalue weighted by atomic mass is 9.93. The van der Waals surface area contributed by atoms with Crippen molar-refractivity contribution in [2.75, 3.05) is 32.7 Å². The van der Waals surface area contributed by atoms with E-state index < -0.39 is 0 Å². The molecule has 2 aliphatic heterocycles. The fourth-order valence-corrected chi connectivity index (χ4v) is 5.89. The molecule has 0 radical (unpaired) electrons. The third-order valence-corrected chi connectivity index (χ3v) is 8.38. The second-order valence-corrected chi connectivity index (χ2v) is 11.0. The maximum Gasteiger partial charge on any atom is 0.251 e. The first kappa shape index (κ1) is 26.0. The van der Waals surface area contributed by atoms with Gasteiger partial charge < -0.3 is 10.2 Å². The van der Waals surface area contributed by atoms with E-state index in [9.17, 15) is 9.59 Å². The predicted molar refractivity (Wildman–Crippen MR) is 148 cm³/mol. The van der Waals surface area contributed by atoms with Crippen LogP contribution >= 0.6 is 23.2 Å². The van der Waals surface area contributed by atoms with Crippen LogP contribution in [0.5, 0.6) is 0 Å². The first-order chi connectivity index (χ1) is 18.0. The number of amides is 2. The van der Waals surface area contributed by atoms with Gasteiger partial charge in [-0.25, -0.2) is 0 Å². The molecule has 194 valence electrons. The van der Waals surface area contributed by atoms with E-state index in [4.69, 9.17) is 23.2 Å². The Balaban J connectivity index is 1.08. The number of nitrogens with zero attached hydrogens (tertiary/aromatic N) is 3. The van der Waals surface area contributed by atoms with Crippen LogP contribution < -0.4 is 5.32 Å². The van der Waals surface area contributed by atoms with Crippen LogP contribution in [0.15, 0.2) is 54.7 Å². The highest BCUT2D eigenvalue weighted by molar-refractivity contribution is 6.42. The van der Waals surface area contributed by atoms with Crippen LogP contribution in [0.4, 0.5) is 0 Å². The van der Waals surface area contributed by atoms with Gasteiger partial charge in [-0.2, -0.15) is 0 Å². The van der Waals surface area contributed by atoms with Crippen LogP contribution in [0.3, 0.4) is 0 Å². The summed E-state index contributed by atoms with van der Waals surface area (Å²) in [6.45, 7) is 4.31. The maximum absolute atomic E-state index is 12.8. The Hall–Kier alpha value is -2.67. The Morgan fingerprint density at radius 3 is 2.62 bits per heavy atom. The fourth-order valence-electron chi connectivity index (χ4n) is 5.57. The van der Waals surface area contributed by atoms with Crippen molar-refractivity contribution in [1.29, 1.82) is 0 Å². The van der Waals surface area contributed by atoms with Gasteiger partial charge in [-0.1, -0.05) is 35.3 Å². The predicted octanol–water partition coefficient (Wildman–Crippen LogP) is 5.22. The maximum atomic E-state index is 12.8. The summed E-state index contributed by atoms with van der Waals surface area (Å²) in [6.07, 6.45) is 6.34. The van der Waals surface area contributed by atoms with Gasteiger partial charge in [-0.05, 0) is 80.1 Å². The second kappa shape index (κ2) is 11.8. The van der Waals surface area contributed by atoms with E-state index in [1.807, 2.05) is 41.3 Å². The molecule has 1 aromatic heterocycles. The molecule has 6 nitrogen and oxygen atoms in total. The van der Waals surface area contributed by atoms with Gasteiger partial charge in [0.2, 0.25) is 5.91 Å². The molecule has 2 aromatic carbocycles. The summed E-state index contributed by atoms with van der Waals surface area (Å²) in [4.78, 5) is 34.5. The lowest BCUT2D eigenvalue weighted by Crippen LogP contribution is -2.51. The Bertz CT molecular complexity index is 1280. The summed E-state index contributed by atoms with van der Waals surface area (Å²) < 4.78 is 0. The van der Waals surface area contributed by atoms with Crippen molar-refractivity contribution in [2.24, 2.45) is 5.92 Å². The van der Waals surface area contributed by atoms with Gasteiger partial charge in [0, 0.05) is 49.4 Å². The van der Waals surface area contributed by atoms with Gasteiger partial charge >= 0.3 is 0 Å². The SMILES string of the molecule is O=C(NCC1CCCN(C2CCN(C(=O)Cc3ccc(Cl)c(Cl)c3)CC2)C1)c1ccc2ncccc2c1. The molecular weight excluding hydrogens is 507 g/mol. The molecule has 2 saturated heterocycles. The zero-order valence-electron chi connectivity index (χ0n) is 20.8. The number of fused-ring (bicyclic) bond motifs is 1. The number of carbonyl (C=O) groups is 2. The van der Waals surface area contributed by atoms with Crippen molar-refractivity contribution >= 4 is 45.9 Å². The number of piperidine rings is 2. The molecule has 37 heavy (non-hydrogen) atoms. The molecule has 1 N–H and O–H groups in total. The van der Waals surface area contributed by atoms with E-state index in [1.165, 1.54) is 0 Å². The molecule has 0 spiro atoms. The van der Waals surface area contributed by atoms with Gasteiger partial charge in [0.25, 0.3) is 5.91 Å². The summed E-state index contributed by atoms with van der Waals surface area (Å²) in [6, 6.07) is 15.4. The van der Waals surface area contributed by atoms with Crippen LogP contribution in [0.2, 0.25) is 10.0 Å². The first-order valence-electron chi connectivity index (χ1n) is 13.0. The number of hydrogen-bond acceptors (Lipinski definition) is 4. The largest absolute Gasteiger partial charge is 0.352 e. The molecule has 2 fully saturated rings. The monoisotopic (exact) mass is 538 g/mol. The van der Waals surface area contributed by atoms with E-state index in [0.717, 1.165) is 68.3 Å². The van der Waals surface area contributed by atoms with Gasteiger partial charge in [-0.15, -0.1) is 0 Å². The number of pyridine rings is 1. The third kappa shape index (κ3) is 6.43. The van der Waals surface area contributed by atoms with Gasteiger partial charge in [0.15, 0.2) is 0 Å². The molecule has 8 heteroatoms. The number of hydrogen-bond donors (Lipinski definition) is 1. The molecule has 0 aliphatic carbocycles. The van der Waals surface area contributed by atoms with Crippen LogP contribution in [0.25, 0.3) is 10.9 Å². The highest BCUT2D eigenvalue weighted by Crippen LogP contribution is 2.26. The average Bonchev–Trinajstić information content (AvgIpc) is 2.93. The fraction of sp³-hybridized carbons (Fsp3) is 0.414. The van der Waals surface area contributed by atoms with E-state index in [2.05, 4.69) is 15.2 Å². The Morgan fingerprint density at radius 1 is 0.973 bits per heavy atom. The normalized spacial score (nSPS) is 19.2. The summed E-state index contributed by atoms with van der Waals surface area (Å²) >= 11 is 12.1. The minimum Gasteiger partial charge on any atom is -0.352 e. The zero-order chi connectivity index (χ0) is 25.8. The molecule has 1 atom stereocenters. The summed E-state index contributed by atoms with van der Waals surface area (Å²) in [5, 5.41) is 5.11. The summed E-state index contributed by atoms with van der Waals surface area (Å²) in [7, 11) is 0. The molecule has 3 heterocycles. The number of nitrogens with one attached hydrogen (secondary N) is 1. The number of likely N-dealkylation sites (tertiary alicyclic amines) is 2. The van der Waals surface area contributed by atoms with E-state index >= 15 is 0 Å². The lowest BCUT2D eigenvalue weighted by Gasteiger charge is -2.42. The van der Waals surface area contributed by atoms with E-state index in [0.29, 0.717) is 40.5 Å². The topological polar surface area (TPSA) is 65.5 Å². The molecule has 1 unspecified atom stereocenters. The van der Waals surface area contributed by atoms with Crippen molar-refractivity contribution < 1.29 is 9.59 Å². The number of rotatable bonds is 6. The van der Waals surface area contributed by atoms with Crippen LogP contribution in [0, 0.1) is 5.92 Å². The van der Waals surface area contributed by atoms with Gasteiger partial charge in [0.05, 0.1) is 22.0 Å². The first-order valence-corrected chi connectivity index (χ1v) is 13.8. The Morgan fingerprint density at radius 2 is 1.81 bits per heavy atom. The molecule has 0 saturated carbocycles. The summed E-state index contributed by atoms with van der Waals surface area (Å²) in [5.74, 6) is 0.548. The Labute approximate surface area is 227 Å². The standard InChI is InChI=1S/C29H32Cl2N4O2/c30-25-7-5-20(15-26(25)31)16-28(36)34-13-9-24(10-14-34)35-12-2-3-21(19-35)18-33-29(37)23-6-8-27-22(17-23)4-1-11-32-27/h1,4-8,11,15,17,21,24H,2-3,9-10,12-14,16,18-19H2,(H,33,37). The molecule has 2 aliphatic rings. The number of halogens is 2. The number of carbonyl (C=O) groups excluding carboxylic acids is 2. The summed E-state index contributed by atoms with van der Waals surface area (Å²) in [5.41, 5.74) is 2.46. The van der Waals surface area contributed by atoms with Crippen molar-refractivity contribution in [3.8, 4) is 0 Å². The highest BCUT2D eigenvalue weighted by Gasteiger charge is 2.30. The molecular formula is C29H32Cl2N4O2. The lowest BCUT2D eigenvalue weighted by molar-refractivity contribution is -0.132. The number of benzene rings is 2. The quantitative estimate of drug-likeness (QED) is 0.467. The molecule has 5 rings (SSSR count). The minimum atomic E-state index is -0.0309. The Kier molecular flexibility index (Phi) is 8.28. The smallest absolute Gasteiger partial charge is 0.251 e. The second-order valence-electron chi connectivity index (χ2n) is 10.2. The van der Waals surface area contributed by atoms with Crippen molar-refractivity contribution in [1.82, 2.24) is 20.1 Å². The van der Waals surface area contributed by atoms with Gasteiger partial charge in [0.1, 0.15) is 0 Å². The van der Waals surface area contributed by atoms with Crippen LogP contribution in [-0.4, -0.2) is 65.4 Å². The van der Waals surface area contributed by atoms with Crippen LogP contribution in [0.1, 0.15) is 41.6 Å². The minimum absolute atomic E-state index is 0.0309. The number of aromatic nitrogens is 1. The third-order valence-electron chi connectivity index (χ3n) is 7.64. The molecule has 3 aromatic rings. The zero-order valence-corrected chi connectivity index (χ0v) is 22.3.